The van der Waals surface area contributed by atoms with Gasteiger partial charge in [0.05, 0.1) is 0 Å². The summed E-state index contributed by atoms with van der Waals surface area (Å²) in [5, 5.41) is 3.02. The van der Waals surface area contributed by atoms with E-state index in [0.29, 0.717) is 10.1 Å². The van der Waals surface area contributed by atoms with E-state index in [2.05, 4.69) is 10.0 Å². The molecular formula is C18H16FN3O4S2. The molecule has 2 aromatic carbocycles. The molecule has 0 aliphatic rings. The molecule has 1 aromatic heterocycles. The summed E-state index contributed by atoms with van der Waals surface area (Å²) in [6.45, 7) is 0.0858. The molecule has 28 heavy (non-hydrogen) atoms. The van der Waals surface area contributed by atoms with E-state index in [-0.39, 0.29) is 28.4 Å². The SMILES string of the molecule is NC(=O)CCNC(=O)c1cccc(NS(=O)(=O)c2cc3cc(F)ccc3s2)c1. The number of anilines is 1. The number of benzene rings is 2. The van der Waals surface area contributed by atoms with Crippen LogP contribution >= 0.6 is 11.3 Å². The van der Waals surface area contributed by atoms with E-state index in [9.17, 15) is 22.4 Å². The Balaban J connectivity index is 1.78. The second-order valence-corrected chi connectivity index (χ2v) is 8.90. The number of hydrogen-bond acceptors (Lipinski definition) is 5. The molecule has 146 valence electrons. The standard InChI is InChI=1S/C18H16FN3O4S2/c19-13-4-5-15-12(8-13)10-17(27-15)28(25,26)22-14-3-1-2-11(9-14)18(24)21-7-6-16(20)23/h1-5,8-10,22H,6-7H2,(H2,20,23)(H,21,24). The van der Waals surface area contributed by atoms with Crippen molar-refractivity contribution in [2.24, 2.45) is 5.73 Å². The normalized spacial score (nSPS) is 11.3. The van der Waals surface area contributed by atoms with Crippen LogP contribution in [0.5, 0.6) is 0 Å². The van der Waals surface area contributed by atoms with Crippen LogP contribution in [0.15, 0.2) is 52.7 Å². The predicted octanol–water partition coefficient (Wildman–Crippen LogP) is 2.45. The van der Waals surface area contributed by atoms with Crippen LogP contribution < -0.4 is 15.8 Å². The lowest BCUT2D eigenvalue weighted by atomic mass is 10.2. The fraction of sp³-hybridized carbons (Fsp3) is 0.111. The molecule has 0 bridgehead atoms. The third kappa shape index (κ3) is 4.65. The summed E-state index contributed by atoms with van der Waals surface area (Å²) in [7, 11) is -3.91. The second-order valence-electron chi connectivity index (χ2n) is 5.91. The van der Waals surface area contributed by atoms with Gasteiger partial charge in [0.25, 0.3) is 15.9 Å². The summed E-state index contributed by atoms with van der Waals surface area (Å²) in [6, 6.07) is 11.4. The fourth-order valence-corrected chi connectivity index (χ4v) is 4.88. The molecule has 3 aromatic rings. The molecule has 10 heteroatoms. The lowest BCUT2D eigenvalue weighted by Crippen LogP contribution is -2.27. The third-order valence-electron chi connectivity index (χ3n) is 3.75. The molecule has 0 aliphatic carbocycles. The summed E-state index contributed by atoms with van der Waals surface area (Å²) in [6.07, 6.45) is 0.00455. The maximum absolute atomic E-state index is 13.3. The van der Waals surface area contributed by atoms with Gasteiger partial charge in [-0.25, -0.2) is 12.8 Å². The molecule has 0 fully saturated rings. The van der Waals surface area contributed by atoms with Gasteiger partial charge in [-0.1, -0.05) is 6.07 Å². The number of thiophene rings is 1. The van der Waals surface area contributed by atoms with Crippen molar-refractivity contribution in [3.63, 3.8) is 0 Å². The van der Waals surface area contributed by atoms with Crippen LogP contribution in [0.1, 0.15) is 16.8 Å². The average molecular weight is 421 g/mol. The lowest BCUT2D eigenvalue weighted by Gasteiger charge is -2.08. The Labute approximate surface area is 164 Å². The first-order valence-corrected chi connectivity index (χ1v) is 10.4. The lowest BCUT2D eigenvalue weighted by molar-refractivity contribution is -0.117. The summed E-state index contributed by atoms with van der Waals surface area (Å²) < 4.78 is 41.7. The second kappa shape index (κ2) is 7.95. The Kier molecular flexibility index (Phi) is 5.61. The number of sulfonamides is 1. The monoisotopic (exact) mass is 421 g/mol. The van der Waals surface area contributed by atoms with Crippen LogP contribution in [0.4, 0.5) is 10.1 Å². The number of rotatable bonds is 7. The number of nitrogens with one attached hydrogen (secondary N) is 2. The Hall–Kier alpha value is -2.98. The summed E-state index contributed by atoms with van der Waals surface area (Å²) in [5.41, 5.74) is 5.44. The van der Waals surface area contributed by atoms with Crippen LogP contribution in [-0.2, 0) is 14.8 Å². The van der Waals surface area contributed by atoms with E-state index in [4.69, 9.17) is 5.73 Å². The van der Waals surface area contributed by atoms with E-state index >= 15 is 0 Å². The van der Waals surface area contributed by atoms with Crippen molar-refractivity contribution in [2.45, 2.75) is 10.6 Å². The van der Waals surface area contributed by atoms with Crippen molar-refractivity contribution in [1.82, 2.24) is 5.32 Å². The first kappa shape index (κ1) is 19.8. The zero-order valence-corrected chi connectivity index (χ0v) is 16.1. The highest BCUT2D eigenvalue weighted by molar-refractivity contribution is 7.94. The van der Waals surface area contributed by atoms with E-state index in [1.54, 1.807) is 0 Å². The number of nitrogens with two attached hydrogens (primary N) is 1. The Morgan fingerprint density at radius 3 is 2.64 bits per heavy atom. The maximum atomic E-state index is 13.3. The average Bonchev–Trinajstić information content (AvgIpc) is 3.05. The maximum Gasteiger partial charge on any atom is 0.271 e. The zero-order chi connectivity index (χ0) is 20.3. The van der Waals surface area contributed by atoms with Gasteiger partial charge in [0.2, 0.25) is 5.91 Å². The zero-order valence-electron chi connectivity index (χ0n) is 14.4. The van der Waals surface area contributed by atoms with Crippen molar-refractivity contribution in [3.05, 3.63) is 59.9 Å². The molecule has 0 unspecified atom stereocenters. The number of carbonyl (C=O) groups is 2. The van der Waals surface area contributed by atoms with Gasteiger partial charge in [-0.15, -0.1) is 11.3 Å². The van der Waals surface area contributed by atoms with Crippen molar-refractivity contribution >= 4 is 48.9 Å². The number of halogens is 1. The van der Waals surface area contributed by atoms with Gasteiger partial charge in [0, 0.05) is 28.9 Å². The Morgan fingerprint density at radius 2 is 1.89 bits per heavy atom. The van der Waals surface area contributed by atoms with Gasteiger partial charge >= 0.3 is 0 Å². The molecule has 4 N–H and O–H groups in total. The van der Waals surface area contributed by atoms with Crippen molar-refractivity contribution in [2.75, 3.05) is 11.3 Å². The van der Waals surface area contributed by atoms with Crippen LogP contribution in [0.3, 0.4) is 0 Å². The largest absolute Gasteiger partial charge is 0.370 e. The fourth-order valence-electron chi connectivity index (χ4n) is 2.45. The number of carbonyl (C=O) groups excluding carboxylic acids is 2. The third-order valence-corrected chi connectivity index (χ3v) is 6.73. The molecule has 3 rings (SSSR count). The van der Waals surface area contributed by atoms with Gasteiger partial charge in [0.1, 0.15) is 10.0 Å². The Morgan fingerprint density at radius 1 is 1.11 bits per heavy atom. The van der Waals surface area contributed by atoms with Gasteiger partial charge in [-0.3, -0.25) is 14.3 Å². The van der Waals surface area contributed by atoms with Gasteiger partial charge in [-0.2, -0.15) is 0 Å². The van der Waals surface area contributed by atoms with Gasteiger partial charge in [-0.05, 0) is 47.9 Å². The highest BCUT2D eigenvalue weighted by Crippen LogP contribution is 2.30. The van der Waals surface area contributed by atoms with E-state index in [1.165, 1.54) is 48.5 Å². The highest BCUT2D eigenvalue weighted by atomic mass is 32.2. The van der Waals surface area contributed by atoms with Crippen LogP contribution in [0, 0.1) is 5.82 Å². The summed E-state index contributed by atoms with van der Waals surface area (Å²) in [5.74, 6) is -1.44. The quantitative estimate of drug-likeness (QED) is 0.543. The highest BCUT2D eigenvalue weighted by Gasteiger charge is 2.18. The molecule has 0 spiro atoms. The van der Waals surface area contributed by atoms with Crippen LogP contribution in [-0.4, -0.2) is 26.8 Å². The molecule has 0 aliphatic heterocycles. The number of primary amides is 1. The molecule has 1 heterocycles. The van der Waals surface area contributed by atoms with E-state index in [1.807, 2.05) is 0 Å². The molecule has 0 saturated carbocycles. The topological polar surface area (TPSA) is 118 Å². The smallest absolute Gasteiger partial charge is 0.271 e. The first-order valence-electron chi connectivity index (χ1n) is 8.13. The van der Waals surface area contributed by atoms with Crippen LogP contribution in [0.25, 0.3) is 10.1 Å². The molecule has 0 radical (unpaired) electrons. The minimum atomic E-state index is -3.91. The number of amides is 2. The molecule has 0 saturated heterocycles. The minimum Gasteiger partial charge on any atom is -0.370 e. The Bertz CT molecular complexity index is 1160. The predicted molar refractivity (Wildman–Crippen MR) is 105 cm³/mol. The minimum absolute atomic E-state index is 0.00455. The number of fused-ring (bicyclic) bond motifs is 1. The van der Waals surface area contributed by atoms with E-state index in [0.717, 1.165) is 11.3 Å². The molecule has 2 amide bonds. The van der Waals surface area contributed by atoms with Crippen molar-refractivity contribution in [3.8, 4) is 0 Å². The molecule has 0 atom stereocenters. The summed E-state index contributed by atoms with van der Waals surface area (Å²) in [4.78, 5) is 22.8. The van der Waals surface area contributed by atoms with Crippen LogP contribution in [0.2, 0.25) is 0 Å². The molecular weight excluding hydrogens is 405 g/mol. The van der Waals surface area contributed by atoms with E-state index < -0.39 is 27.7 Å². The number of hydrogen-bond donors (Lipinski definition) is 3. The van der Waals surface area contributed by atoms with Gasteiger partial charge < -0.3 is 11.1 Å². The summed E-state index contributed by atoms with van der Waals surface area (Å²) >= 11 is 1.02. The first-order chi connectivity index (χ1) is 13.2. The van der Waals surface area contributed by atoms with Gasteiger partial charge in [0.15, 0.2) is 0 Å². The van der Waals surface area contributed by atoms with Crippen molar-refractivity contribution < 1.29 is 22.4 Å². The van der Waals surface area contributed by atoms with Crippen molar-refractivity contribution in [1.29, 1.82) is 0 Å². The molecule has 7 nitrogen and oxygen atoms in total.